The number of amides is 1. The predicted octanol–water partition coefficient (Wildman–Crippen LogP) is 4.56. The lowest BCUT2D eigenvalue weighted by Gasteiger charge is -2.12. The van der Waals surface area contributed by atoms with Crippen LogP contribution in [-0.4, -0.2) is 22.9 Å². The van der Waals surface area contributed by atoms with Crippen molar-refractivity contribution in [3.8, 4) is 11.1 Å². The van der Waals surface area contributed by atoms with Crippen LogP contribution in [0.2, 0.25) is 0 Å². The molecule has 0 aliphatic heterocycles. The van der Waals surface area contributed by atoms with Crippen molar-refractivity contribution < 1.29 is 4.79 Å². The summed E-state index contributed by atoms with van der Waals surface area (Å²) in [4.78, 5) is 21.1. The number of nitrogens with zero attached hydrogens (tertiary/aromatic N) is 2. The van der Waals surface area contributed by atoms with Gasteiger partial charge in [0.25, 0.3) is 0 Å². The first-order chi connectivity index (χ1) is 13.2. The highest BCUT2D eigenvalue weighted by atomic mass is 16.2. The molecule has 2 N–H and O–H groups in total. The minimum atomic E-state index is 0.0695. The third kappa shape index (κ3) is 3.14. The van der Waals surface area contributed by atoms with Gasteiger partial charge < -0.3 is 10.6 Å². The number of rotatable bonds is 5. The van der Waals surface area contributed by atoms with Gasteiger partial charge in [0, 0.05) is 36.3 Å². The zero-order chi connectivity index (χ0) is 18.4. The highest BCUT2D eigenvalue weighted by molar-refractivity contribution is 6.03. The van der Waals surface area contributed by atoms with Gasteiger partial charge >= 0.3 is 0 Å². The van der Waals surface area contributed by atoms with Crippen molar-refractivity contribution in [1.82, 2.24) is 9.97 Å². The van der Waals surface area contributed by atoms with E-state index in [4.69, 9.17) is 0 Å². The van der Waals surface area contributed by atoms with Crippen LogP contribution in [0, 0.1) is 5.92 Å². The van der Waals surface area contributed by atoms with Crippen molar-refractivity contribution >= 4 is 28.3 Å². The summed E-state index contributed by atoms with van der Waals surface area (Å²) in [6.45, 7) is 0. The summed E-state index contributed by atoms with van der Waals surface area (Å²) in [6.07, 6.45) is 8.25. The standard InChI is InChI=1S/C22H22N4O/c1-23-21-19-12-24-20(26-22(27)16-8-9-16)10-17(19)18(11-25-21)15-6-4-14(5-7-15)13-2-3-13/h4-7,10-13,16H,2-3,8-9H2,1H3,(H,23,25)(H,24,26,27). The van der Waals surface area contributed by atoms with Crippen LogP contribution in [0.1, 0.15) is 37.2 Å². The van der Waals surface area contributed by atoms with Crippen molar-refractivity contribution in [3.63, 3.8) is 0 Å². The Kier molecular flexibility index (Phi) is 3.81. The van der Waals surface area contributed by atoms with Crippen molar-refractivity contribution in [2.45, 2.75) is 31.6 Å². The second-order valence-corrected chi connectivity index (χ2v) is 7.55. The molecule has 136 valence electrons. The number of carbonyl (C=O) groups is 1. The van der Waals surface area contributed by atoms with E-state index in [0.717, 1.165) is 46.5 Å². The average Bonchev–Trinajstić information content (AvgIpc) is 3.58. The molecule has 0 bridgehead atoms. The summed E-state index contributed by atoms with van der Waals surface area (Å²) in [5.74, 6) is 2.36. The summed E-state index contributed by atoms with van der Waals surface area (Å²) in [5.41, 5.74) is 3.60. The van der Waals surface area contributed by atoms with Crippen LogP contribution in [0.4, 0.5) is 11.6 Å². The number of hydrogen-bond acceptors (Lipinski definition) is 4. The van der Waals surface area contributed by atoms with E-state index in [0.29, 0.717) is 5.82 Å². The highest BCUT2D eigenvalue weighted by Crippen LogP contribution is 2.41. The molecule has 2 aliphatic rings. The van der Waals surface area contributed by atoms with Gasteiger partial charge in [0.2, 0.25) is 5.91 Å². The minimum Gasteiger partial charge on any atom is -0.373 e. The number of pyridine rings is 2. The van der Waals surface area contributed by atoms with Crippen LogP contribution in [0.15, 0.2) is 42.7 Å². The quantitative estimate of drug-likeness (QED) is 0.701. The molecule has 0 radical (unpaired) electrons. The van der Waals surface area contributed by atoms with E-state index in [1.165, 1.54) is 18.4 Å². The smallest absolute Gasteiger partial charge is 0.228 e. The summed E-state index contributed by atoms with van der Waals surface area (Å²) < 4.78 is 0. The van der Waals surface area contributed by atoms with E-state index >= 15 is 0 Å². The first-order valence-electron chi connectivity index (χ1n) is 9.60. The number of carbonyl (C=O) groups excluding carboxylic acids is 1. The summed E-state index contributed by atoms with van der Waals surface area (Å²) in [5, 5.41) is 8.07. The summed E-state index contributed by atoms with van der Waals surface area (Å²) in [7, 11) is 1.86. The Balaban J connectivity index is 1.57. The van der Waals surface area contributed by atoms with Crippen LogP contribution in [0.3, 0.4) is 0 Å². The van der Waals surface area contributed by atoms with E-state index in [-0.39, 0.29) is 11.8 Å². The molecule has 2 aliphatic carbocycles. The van der Waals surface area contributed by atoms with Crippen molar-refractivity contribution in [1.29, 1.82) is 0 Å². The summed E-state index contributed by atoms with van der Waals surface area (Å²) >= 11 is 0. The molecule has 0 unspecified atom stereocenters. The Morgan fingerprint density at radius 2 is 1.78 bits per heavy atom. The largest absolute Gasteiger partial charge is 0.373 e. The molecule has 5 rings (SSSR count). The normalized spacial score (nSPS) is 16.3. The lowest BCUT2D eigenvalue weighted by atomic mass is 9.99. The molecule has 0 spiro atoms. The molecule has 5 heteroatoms. The third-order valence-corrected chi connectivity index (χ3v) is 5.48. The number of fused-ring (bicyclic) bond motifs is 1. The van der Waals surface area contributed by atoms with Gasteiger partial charge in [-0.3, -0.25) is 4.79 Å². The van der Waals surface area contributed by atoms with Gasteiger partial charge in [-0.25, -0.2) is 9.97 Å². The van der Waals surface area contributed by atoms with Crippen LogP contribution in [-0.2, 0) is 4.79 Å². The lowest BCUT2D eigenvalue weighted by Crippen LogP contribution is -2.14. The molecular weight excluding hydrogens is 336 g/mol. The maximum absolute atomic E-state index is 12.1. The van der Waals surface area contributed by atoms with Crippen LogP contribution in [0.25, 0.3) is 21.9 Å². The van der Waals surface area contributed by atoms with Crippen LogP contribution >= 0.6 is 0 Å². The van der Waals surface area contributed by atoms with Gasteiger partial charge in [0.1, 0.15) is 11.6 Å². The Morgan fingerprint density at radius 3 is 2.44 bits per heavy atom. The minimum absolute atomic E-state index is 0.0695. The second kappa shape index (κ2) is 6.34. The van der Waals surface area contributed by atoms with E-state index in [9.17, 15) is 4.79 Å². The van der Waals surface area contributed by atoms with Gasteiger partial charge in [0.15, 0.2) is 0 Å². The third-order valence-electron chi connectivity index (χ3n) is 5.48. The first kappa shape index (κ1) is 16.2. The van der Waals surface area contributed by atoms with Gasteiger partial charge in [-0.2, -0.15) is 0 Å². The zero-order valence-corrected chi connectivity index (χ0v) is 15.3. The fourth-order valence-corrected chi connectivity index (χ4v) is 3.56. The van der Waals surface area contributed by atoms with Crippen molar-refractivity contribution in [2.24, 2.45) is 5.92 Å². The van der Waals surface area contributed by atoms with Crippen LogP contribution in [0.5, 0.6) is 0 Å². The number of anilines is 2. The van der Waals surface area contributed by atoms with Gasteiger partial charge in [-0.1, -0.05) is 24.3 Å². The number of nitrogens with one attached hydrogen (secondary N) is 2. The molecule has 0 atom stereocenters. The molecule has 2 aromatic heterocycles. The molecule has 2 saturated carbocycles. The zero-order valence-electron chi connectivity index (χ0n) is 15.3. The molecule has 27 heavy (non-hydrogen) atoms. The molecule has 5 nitrogen and oxygen atoms in total. The average molecular weight is 358 g/mol. The fraction of sp³-hybridized carbons (Fsp3) is 0.318. The van der Waals surface area contributed by atoms with E-state index in [2.05, 4.69) is 44.9 Å². The second-order valence-electron chi connectivity index (χ2n) is 7.55. The van der Waals surface area contributed by atoms with Gasteiger partial charge in [-0.15, -0.1) is 0 Å². The van der Waals surface area contributed by atoms with E-state index < -0.39 is 0 Å². The highest BCUT2D eigenvalue weighted by Gasteiger charge is 2.30. The predicted molar refractivity (Wildman–Crippen MR) is 108 cm³/mol. The maximum Gasteiger partial charge on any atom is 0.228 e. The molecule has 1 amide bonds. The molecular formula is C22H22N4O. The topological polar surface area (TPSA) is 66.9 Å². The SMILES string of the molecule is CNc1ncc(-c2ccc(C3CC3)cc2)c2cc(NC(=O)C3CC3)ncc12. The molecule has 2 fully saturated rings. The van der Waals surface area contributed by atoms with Crippen molar-refractivity contribution in [3.05, 3.63) is 48.3 Å². The number of aromatic nitrogens is 2. The number of benzene rings is 1. The monoisotopic (exact) mass is 358 g/mol. The number of hydrogen-bond donors (Lipinski definition) is 2. The summed E-state index contributed by atoms with van der Waals surface area (Å²) in [6, 6.07) is 10.8. The molecule has 1 aromatic carbocycles. The Bertz CT molecular complexity index is 1020. The lowest BCUT2D eigenvalue weighted by molar-refractivity contribution is -0.117. The van der Waals surface area contributed by atoms with Gasteiger partial charge in [0.05, 0.1) is 0 Å². The van der Waals surface area contributed by atoms with Crippen molar-refractivity contribution in [2.75, 3.05) is 17.7 Å². The molecule has 0 saturated heterocycles. The maximum atomic E-state index is 12.1. The molecule has 3 aromatic rings. The van der Waals surface area contributed by atoms with E-state index in [1.54, 1.807) is 6.20 Å². The first-order valence-corrected chi connectivity index (χ1v) is 9.60. The van der Waals surface area contributed by atoms with Gasteiger partial charge in [-0.05, 0) is 54.2 Å². The van der Waals surface area contributed by atoms with Crippen LogP contribution < -0.4 is 10.6 Å². The molecule has 2 heterocycles. The Labute approximate surface area is 158 Å². The fourth-order valence-electron chi connectivity index (χ4n) is 3.56. The Morgan fingerprint density at radius 1 is 1.00 bits per heavy atom. The van der Waals surface area contributed by atoms with E-state index in [1.807, 2.05) is 19.3 Å². The Hall–Kier alpha value is -2.95.